The van der Waals surface area contributed by atoms with Gasteiger partial charge in [-0.3, -0.25) is 14.9 Å². The number of ether oxygens (including phenoxy) is 2. The van der Waals surface area contributed by atoms with Crippen LogP contribution in [0.5, 0.6) is 17.2 Å². The van der Waals surface area contributed by atoms with Gasteiger partial charge in [-0.05, 0) is 42.0 Å². The molecule has 6 aromatic rings. The van der Waals surface area contributed by atoms with E-state index in [1.54, 1.807) is 18.5 Å². The molecule has 0 amide bonds. The van der Waals surface area contributed by atoms with Gasteiger partial charge in [0.1, 0.15) is 23.4 Å². The molecule has 180 valence electrons. The maximum Gasteiger partial charge on any atom is 0.193 e. The van der Waals surface area contributed by atoms with E-state index >= 15 is 0 Å². The van der Waals surface area contributed by atoms with Crippen LogP contribution in [-0.4, -0.2) is 25.0 Å². The molecular formula is C28H18BrN5O3. The Balaban J connectivity index is 1.37. The number of fused-ring (bicyclic) bond motifs is 3. The lowest BCUT2D eigenvalue weighted by molar-refractivity contribution is 0.306. The second kappa shape index (κ2) is 8.56. The Morgan fingerprint density at radius 3 is 2.86 bits per heavy atom. The highest BCUT2D eigenvalue weighted by Crippen LogP contribution is 2.42. The van der Waals surface area contributed by atoms with Crippen molar-refractivity contribution in [2.45, 2.75) is 13.0 Å². The molecule has 0 radical (unpaired) electrons. The topological polar surface area (TPSA) is 94.9 Å². The van der Waals surface area contributed by atoms with Crippen molar-refractivity contribution in [1.82, 2.24) is 25.0 Å². The fraction of sp³-hybridized carbons (Fsp3) is 0.0714. The molecule has 0 spiro atoms. The van der Waals surface area contributed by atoms with E-state index in [1.807, 2.05) is 65.4 Å². The van der Waals surface area contributed by atoms with Crippen LogP contribution in [0.15, 0.2) is 88.5 Å². The van der Waals surface area contributed by atoms with E-state index in [4.69, 9.17) is 9.47 Å². The number of halogens is 1. The number of H-pyrrole nitrogens is 1. The van der Waals surface area contributed by atoms with Gasteiger partial charge in [0.2, 0.25) is 0 Å². The first kappa shape index (κ1) is 21.8. The van der Waals surface area contributed by atoms with Crippen molar-refractivity contribution in [3.05, 3.63) is 111 Å². The van der Waals surface area contributed by atoms with Crippen LogP contribution in [0.1, 0.15) is 16.7 Å². The normalized spacial score (nSPS) is 11.9. The van der Waals surface area contributed by atoms with Gasteiger partial charge in [0.15, 0.2) is 16.9 Å². The number of nitrogens with one attached hydrogen (secondary N) is 1. The average Bonchev–Trinajstić information content (AvgIpc) is 3.40. The quantitative estimate of drug-likeness (QED) is 0.295. The number of hydrogen-bond acceptors (Lipinski definition) is 6. The van der Waals surface area contributed by atoms with Crippen molar-refractivity contribution < 1.29 is 9.47 Å². The fourth-order valence-corrected chi connectivity index (χ4v) is 5.09. The zero-order valence-electron chi connectivity index (χ0n) is 19.3. The van der Waals surface area contributed by atoms with E-state index in [0.717, 1.165) is 32.3 Å². The van der Waals surface area contributed by atoms with Crippen LogP contribution < -0.4 is 14.9 Å². The van der Waals surface area contributed by atoms with Gasteiger partial charge in [0.05, 0.1) is 16.6 Å². The molecule has 37 heavy (non-hydrogen) atoms. The van der Waals surface area contributed by atoms with Crippen LogP contribution >= 0.6 is 15.9 Å². The monoisotopic (exact) mass is 551 g/mol. The van der Waals surface area contributed by atoms with E-state index in [0.29, 0.717) is 40.1 Å². The minimum absolute atomic E-state index is 0.0652. The molecule has 7 rings (SSSR count). The van der Waals surface area contributed by atoms with Gasteiger partial charge < -0.3 is 14.0 Å². The van der Waals surface area contributed by atoms with Crippen molar-refractivity contribution in [2.24, 2.45) is 0 Å². The van der Waals surface area contributed by atoms with Crippen LogP contribution in [0.25, 0.3) is 27.6 Å². The number of hydrogen-bond donors (Lipinski definition) is 1. The first-order valence-corrected chi connectivity index (χ1v) is 12.4. The van der Waals surface area contributed by atoms with Gasteiger partial charge in [-0.2, -0.15) is 0 Å². The highest BCUT2D eigenvalue weighted by molar-refractivity contribution is 9.10. The van der Waals surface area contributed by atoms with Gasteiger partial charge in [0, 0.05) is 46.7 Å². The number of aromatic amines is 1. The van der Waals surface area contributed by atoms with Gasteiger partial charge in [-0.1, -0.05) is 39.3 Å². The number of rotatable bonds is 5. The molecule has 1 aliphatic heterocycles. The Labute approximate surface area is 218 Å². The number of pyridine rings is 2. The predicted octanol–water partition coefficient (Wildman–Crippen LogP) is 5.70. The number of aromatic nitrogens is 5. The lowest BCUT2D eigenvalue weighted by atomic mass is 10.0. The Morgan fingerprint density at radius 2 is 1.97 bits per heavy atom. The summed E-state index contributed by atoms with van der Waals surface area (Å²) in [6.45, 7) is 0.264. The van der Waals surface area contributed by atoms with Crippen LogP contribution in [0.2, 0.25) is 0 Å². The smallest absolute Gasteiger partial charge is 0.193 e. The first-order valence-electron chi connectivity index (χ1n) is 11.6. The molecule has 0 aliphatic carbocycles. The van der Waals surface area contributed by atoms with Crippen molar-refractivity contribution in [1.29, 1.82) is 0 Å². The van der Waals surface area contributed by atoms with Crippen LogP contribution in [0.3, 0.4) is 0 Å². The fourth-order valence-electron chi connectivity index (χ4n) is 4.75. The van der Waals surface area contributed by atoms with E-state index in [-0.39, 0.29) is 12.0 Å². The summed E-state index contributed by atoms with van der Waals surface area (Å²) in [5, 5.41) is 11.4. The molecule has 0 atom stereocenters. The van der Waals surface area contributed by atoms with Gasteiger partial charge >= 0.3 is 0 Å². The summed E-state index contributed by atoms with van der Waals surface area (Å²) in [7, 11) is 0. The Bertz CT molecular complexity index is 1880. The van der Waals surface area contributed by atoms with Crippen LogP contribution in [0, 0.1) is 0 Å². The molecule has 0 saturated carbocycles. The van der Waals surface area contributed by atoms with E-state index in [1.165, 1.54) is 0 Å². The molecule has 3 aromatic carbocycles. The van der Waals surface area contributed by atoms with Gasteiger partial charge in [-0.25, -0.2) is 0 Å². The molecule has 0 bridgehead atoms. The van der Waals surface area contributed by atoms with Crippen molar-refractivity contribution >= 4 is 37.9 Å². The molecule has 8 nitrogen and oxygen atoms in total. The highest BCUT2D eigenvalue weighted by atomic mass is 79.9. The summed E-state index contributed by atoms with van der Waals surface area (Å²) >= 11 is 3.53. The predicted molar refractivity (Wildman–Crippen MR) is 143 cm³/mol. The van der Waals surface area contributed by atoms with Gasteiger partial charge in [-0.15, -0.1) is 5.10 Å². The molecule has 1 N–H and O–H groups in total. The Kier molecular flexibility index (Phi) is 5.03. The zero-order valence-corrected chi connectivity index (χ0v) is 20.9. The van der Waals surface area contributed by atoms with E-state index < -0.39 is 0 Å². The second-order valence-electron chi connectivity index (χ2n) is 8.84. The minimum atomic E-state index is -0.0652. The molecular weight excluding hydrogens is 534 g/mol. The van der Waals surface area contributed by atoms with Crippen LogP contribution in [0.4, 0.5) is 0 Å². The minimum Gasteiger partial charge on any atom is -0.489 e. The average molecular weight is 552 g/mol. The summed E-state index contributed by atoms with van der Waals surface area (Å²) in [5.41, 5.74) is 5.60. The molecule has 1 aliphatic rings. The molecule has 0 fully saturated rings. The third kappa shape index (κ3) is 3.75. The van der Waals surface area contributed by atoms with Crippen molar-refractivity contribution in [3.63, 3.8) is 0 Å². The lowest BCUT2D eigenvalue weighted by Gasteiger charge is -2.25. The maximum absolute atomic E-state index is 13.7. The van der Waals surface area contributed by atoms with Crippen molar-refractivity contribution in [3.8, 4) is 22.9 Å². The van der Waals surface area contributed by atoms with E-state index in [2.05, 4.69) is 36.3 Å². The molecule has 3 aromatic heterocycles. The lowest BCUT2D eigenvalue weighted by Crippen LogP contribution is -2.17. The number of nitrogens with zero attached hydrogens (tertiary/aromatic N) is 4. The Morgan fingerprint density at radius 1 is 1.03 bits per heavy atom. The first-order chi connectivity index (χ1) is 18.1. The SMILES string of the molecule is O=c1c(Cc2cccnc2)cn2c3c(cc(OCc4cccc5[nH]nnc45)cc13)Oc1cc(Br)ccc1-2. The highest BCUT2D eigenvalue weighted by Gasteiger charge is 2.24. The summed E-state index contributed by atoms with van der Waals surface area (Å²) in [6, 6.07) is 19.1. The van der Waals surface area contributed by atoms with Crippen LogP contribution in [-0.2, 0) is 13.0 Å². The number of benzene rings is 3. The summed E-state index contributed by atoms with van der Waals surface area (Å²) < 4.78 is 15.4. The Hall–Kier alpha value is -4.50. The summed E-state index contributed by atoms with van der Waals surface area (Å²) in [4.78, 5) is 17.9. The molecule has 0 unspecified atom stereocenters. The zero-order chi connectivity index (χ0) is 24.9. The van der Waals surface area contributed by atoms with Gasteiger partial charge in [0.25, 0.3) is 0 Å². The molecule has 0 saturated heterocycles. The summed E-state index contributed by atoms with van der Waals surface area (Å²) in [5.74, 6) is 1.77. The standard InChI is InChI=1S/C28H18BrN5O3/c29-19-6-7-23-24(10-19)37-25-12-20(36-15-17-4-1-5-22-26(17)32-33-31-22)11-21-27(25)34(23)14-18(28(21)35)9-16-3-2-8-30-13-16/h1-8,10-14H,9,15H2,(H,31,32,33). The largest absolute Gasteiger partial charge is 0.489 e. The molecule has 9 heteroatoms. The van der Waals surface area contributed by atoms with Crippen molar-refractivity contribution in [2.75, 3.05) is 0 Å². The summed E-state index contributed by atoms with van der Waals surface area (Å²) in [6.07, 6.45) is 5.87. The third-order valence-electron chi connectivity index (χ3n) is 6.46. The maximum atomic E-state index is 13.7. The van der Waals surface area contributed by atoms with E-state index in [9.17, 15) is 4.79 Å². The molecule has 4 heterocycles. The second-order valence-corrected chi connectivity index (χ2v) is 9.75. The third-order valence-corrected chi connectivity index (χ3v) is 6.96.